The monoisotopic (exact) mass is 296 g/mol. The molecule has 110 valence electrons. The van der Waals surface area contributed by atoms with Crippen LogP contribution >= 0.6 is 0 Å². The third-order valence-electron chi connectivity index (χ3n) is 2.80. The fourth-order valence-corrected chi connectivity index (χ4v) is 1.92. The second kappa shape index (κ2) is 5.47. The molecule has 2 aromatic carbocycles. The summed E-state index contributed by atoms with van der Waals surface area (Å²) in [6.07, 6.45) is -4.75. The van der Waals surface area contributed by atoms with Crippen molar-refractivity contribution in [3.63, 3.8) is 0 Å². The number of ether oxygens (including phenoxy) is 1. The molecule has 0 aliphatic heterocycles. The van der Waals surface area contributed by atoms with Crippen molar-refractivity contribution in [2.75, 3.05) is 0 Å². The Bertz CT molecular complexity index is 661. The summed E-state index contributed by atoms with van der Waals surface area (Å²) in [7, 11) is 0. The maximum absolute atomic E-state index is 12.1. The molecule has 0 spiro atoms. The smallest absolute Gasteiger partial charge is 0.478 e. The lowest BCUT2D eigenvalue weighted by Gasteiger charge is -2.11. The zero-order valence-electron chi connectivity index (χ0n) is 10.9. The van der Waals surface area contributed by atoms with Gasteiger partial charge < -0.3 is 9.84 Å². The number of alkyl halides is 3. The van der Waals surface area contributed by atoms with E-state index in [2.05, 4.69) is 4.74 Å². The topological polar surface area (TPSA) is 46.5 Å². The first-order valence-corrected chi connectivity index (χ1v) is 5.96. The van der Waals surface area contributed by atoms with Crippen LogP contribution in [0.3, 0.4) is 0 Å². The maximum atomic E-state index is 12.1. The lowest BCUT2D eigenvalue weighted by atomic mass is 9.98. The predicted molar refractivity (Wildman–Crippen MR) is 70.3 cm³/mol. The molecule has 2 rings (SSSR count). The van der Waals surface area contributed by atoms with E-state index in [1.807, 2.05) is 0 Å². The van der Waals surface area contributed by atoms with Crippen molar-refractivity contribution >= 4 is 5.97 Å². The molecule has 0 aromatic heterocycles. The molecule has 3 nitrogen and oxygen atoms in total. The van der Waals surface area contributed by atoms with E-state index in [-0.39, 0.29) is 11.3 Å². The highest BCUT2D eigenvalue weighted by Crippen LogP contribution is 2.29. The van der Waals surface area contributed by atoms with Crippen molar-refractivity contribution in [3.05, 3.63) is 53.6 Å². The summed E-state index contributed by atoms with van der Waals surface area (Å²) in [5, 5.41) is 9.19. The van der Waals surface area contributed by atoms with Crippen LogP contribution in [0.5, 0.6) is 5.75 Å². The van der Waals surface area contributed by atoms with Crippen LogP contribution in [-0.4, -0.2) is 17.4 Å². The zero-order valence-corrected chi connectivity index (χ0v) is 10.9. The number of rotatable bonds is 3. The first kappa shape index (κ1) is 14.9. The van der Waals surface area contributed by atoms with Gasteiger partial charge in [-0.3, -0.25) is 0 Å². The molecule has 0 radical (unpaired) electrons. The van der Waals surface area contributed by atoms with Gasteiger partial charge in [0.1, 0.15) is 5.75 Å². The Balaban J connectivity index is 2.37. The average molecular weight is 296 g/mol. The van der Waals surface area contributed by atoms with Crippen LogP contribution in [0.2, 0.25) is 0 Å². The fourth-order valence-electron chi connectivity index (χ4n) is 1.92. The number of aryl methyl sites for hydroxylation is 1. The molecular formula is C15H11F3O3. The molecule has 0 aliphatic carbocycles. The average Bonchev–Trinajstić information content (AvgIpc) is 2.38. The molecule has 0 aliphatic rings. The SMILES string of the molecule is Cc1ccc(-c2ccc(OC(F)(F)F)cc2)c(C(=O)O)c1. The Labute approximate surface area is 118 Å². The molecule has 0 saturated heterocycles. The Morgan fingerprint density at radius 3 is 2.24 bits per heavy atom. The third kappa shape index (κ3) is 3.75. The number of hydrogen-bond donors (Lipinski definition) is 1. The predicted octanol–water partition coefficient (Wildman–Crippen LogP) is 4.26. The summed E-state index contributed by atoms with van der Waals surface area (Å²) in [4.78, 5) is 11.2. The van der Waals surface area contributed by atoms with Crippen molar-refractivity contribution in [1.29, 1.82) is 0 Å². The van der Waals surface area contributed by atoms with Gasteiger partial charge in [-0.15, -0.1) is 13.2 Å². The maximum Gasteiger partial charge on any atom is 0.573 e. The van der Waals surface area contributed by atoms with Gasteiger partial charge in [0.25, 0.3) is 0 Å². The second-order valence-corrected chi connectivity index (χ2v) is 4.43. The zero-order chi connectivity index (χ0) is 15.6. The van der Waals surface area contributed by atoms with E-state index in [1.54, 1.807) is 19.1 Å². The molecule has 0 saturated carbocycles. The number of aromatic carboxylic acids is 1. The Morgan fingerprint density at radius 1 is 1.10 bits per heavy atom. The van der Waals surface area contributed by atoms with Crippen LogP contribution in [0.25, 0.3) is 11.1 Å². The molecule has 1 N–H and O–H groups in total. The largest absolute Gasteiger partial charge is 0.573 e. The minimum absolute atomic E-state index is 0.0967. The van der Waals surface area contributed by atoms with Crippen molar-refractivity contribution in [1.82, 2.24) is 0 Å². The van der Waals surface area contributed by atoms with E-state index < -0.39 is 12.3 Å². The Morgan fingerprint density at radius 2 is 1.71 bits per heavy atom. The van der Waals surface area contributed by atoms with E-state index >= 15 is 0 Å². The van der Waals surface area contributed by atoms with Gasteiger partial charge >= 0.3 is 12.3 Å². The van der Waals surface area contributed by atoms with E-state index in [1.165, 1.54) is 18.2 Å². The standard InChI is InChI=1S/C15H11F3O3/c1-9-2-7-12(13(8-9)14(19)20)10-3-5-11(6-4-10)21-15(16,17)18/h2-8H,1H3,(H,19,20). The van der Waals surface area contributed by atoms with Crippen LogP contribution in [0.4, 0.5) is 13.2 Å². The minimum Gasteiger partial charge on any atom is -0.478 e. The van der Waals surface area contributed by atoms with Crippen LogP contribution in [0.1, 0.15) is 15.9 Å². The first-order valence-electron chi connectivity index (χ1n) is 5.96. The van der Waals surface area contributed by atoms with Crippen molar-refractivity contribution in [3.8, 4) is 16.9 Å². The first-order chi connectivity index (χ1) is 9.76. The van der Waals surface area contributed by atoms with Gasteiger partial charge in [-0.05, 0) is 36.2 Å². The summed E-state index contributed by atoms with van der Waals surface area (Å²) in [6, 6.07) is 9.94. The van der Waals surface area contributed by atoms with Gasteiger partial charge in [0.2, 0.25) is 0 Å². The van der Waals surface area contributed by atoms with Crippen LogP contribution in [0, 0.1) is 6.92 Å². The summed E-state index contributed by atoms with van der Waals surface area (Å²) in [5.41, 5.74) is 1.82. The molecule has 0 bridgehead atoms. The van der Waals surface area contributed by atoms with Crippen LogP contribution in [-0.2, 0) is 0 Å². The molecule has 0 fully saturated rings. The Hall–Kier alpha value is -2.50. The molecule has 0 heterocycles. The molecule has 0 atom stereocenters. The van der Waals surface area contributed by atoms with Crippen molar-refractivity contribution in [2.24, 2.45) is 0 Å². The lowest BCUT2D eigenvalue weighted by molar-refractivity contribution is -0.274. The highest BCUT2D eigenvalue weighted by Gasteiger charge is 2.31. The normalized spacial score (nSPS) is 11.2. The summed E-state index contributed by atoms with van der Waals surface area (Å²) < 4.78 is 40.0. The van der Waals surface area contributed by atoms with Gasteiger partial charge in [0, 0.05) is 0 Å². The van der Waals surface area contributed by atoms with Gasteiger partial charge in [0.05, 0.1) is 5.56 Å². The molecule has 21 heavy (non-hydrogen) atoms. The number of carboxylic acid groups (broad SMARTS) is 1. The van der Waals surface area contributed by atoms with Crippen LogP contribution in [0.15, 0.2) is 42.5 Å². The molecule has 6 heteroatoms. The lowest BCUT2D eigenvalue weighted by Crippen LogP contribution is -2.16. The number of carbonyl (C=O) groups is 1. The van der Waals surface area contributed by atoms with E-state index in [0.29, 0.717) is 11.1 Å². The summed E-state index contributed by atoms with van der Waals surface area (Å²) in [5.74, 6) is -1.44. The van der Waals surface area contributed by atoms with Crippen molar-refractivity contribution < 1.29 is 27.8 Å². The second-order valence-electron chi connectivity index (χ2n) is 4.43. The van der Waals surface area contributed by atoms with E-state index in [9.17, 15) is 23.1 Å². The molecule has 0 amide bonds. The highest BCUT2D eigenvalue weighted by atomic mass is 19.4. The quantitative estimate of drug-likeness (QED) is 0.920. The number of carboxylic acids is 1. The minimum atomic E-state index is -4.75. The van der Waals surface area contributed by atoms with Crippen LogP contribution < -0.4 is 4.74 Å². The van der Waals surface area contributed by atoms with Crippen molar-refractivity contribution in [2.45, 2.75) is 13.3 Å². The van der Waals surface area contributed by atoms with E-state index in [4.69, 9.17) is 0 Å². The van der Waals surface area contributed by atoms with E-state index in [0.717, 1.165) is 17.7 Å². The summed E-state index contributed by atoms with van der Waals surface area (Å²) in [6.45, 7) is 1.76. The molecule has 2 aromatic rings. The molecular weight excluding hydrogens is 285 g/mol. The fraction of sp³-hybridized carbons (Fsp3) is 0.133. The van der Waals surface area contributed by atoms with Gasteiger partial charge in [0.15, 0.2) is 0 Å². The number of hydrogen-bond acceptors (Lipinski definition) is 2. The number of benzene rings is 2. The van der Waals surface area contributed by atoms with Gasteiger partial charge in [-0.2, -0.15) is 0 Å². The Kier molecular flexibility index (Phi) is 3.88. The number of halogens is 3. The third-order valence-corrected chi connectivity index (χ3v) is 2.80. The van der Waals surface area contributed by atoms with Gasteiger partial charge in [-0.25, -0.2) is 4.79 Å². The summed E-state index contributed by atoms with van der Waals surface area (Å²) >= 11 is 0. The molecule has 0 unspecified atom stereocenters. The van der Waals surface area contributed by atoms with Gasteiger partial charge in [-0.1, -0.05) is 29.8 Å². The highest BCUT2D eigenvalue weighted by molar-refractivity contribution is 5.96.